The lowest BCUT2D eigenvalue weighted by atomic mass is 9.77. The second-order valence-corrected chi connectivity index (χ2v) is 6.38. The average molecular weight is 280 g/mol. The van der Waals surface area contributed by atoms with Gasteiger partial charge < -0.3 is 10.6 Å². The van der Waals surface area contributed by atoms with Crippen molar-refractivity contribution in [1.29, 1.82) is 0 Å². The number of rotatable bonds is 2. The third-order valence-corrected chi connectivity index (χ3v) is 5.37. The van der Waals surface area contributed by atoms with Crippen molar-refractivity contribution in [2.75, 3.05) is 18.0 Å². The van der Waals surface area contributed by atoms with E-state index < -0.39 is 0 Å². The Kier molecular flexibility index (Phi) is 3.68. The molecule has 2 aliphatic rings. The third-order valence-electron chi connectivity index (χ3n) is 4.96. The molecule has 1 aliphatic carbocycles. The Morgan fingerprint density at radius 3 is 2.53 bits per heavy atom. The molecule has 3 nitrogen and oxygen atoms in total. The van der Waals surface area contributed by atoms with Crippen molar-refractivity contribution in [3.8, 4) is 0 Å². The van der Waals surface area contributed by atoms with Crippen molar-refractivity contribution in [1.82, 2.24) is 4.98 Å². The molecule has 1 aromatic rings. The molecule has 0 unspecified atom stereocenters. The van der Waals surface area contributed by atoms with Crippen molar-refractivity contribution in [2.24, 2.45) is 11.1 Å². The lowest BCUT2D eigenvalue weighted by Crippen LogP contribution is -2.39. The first-order valence-electron chi connectivity index (χ1n) is 7.32. The van der Waals surface area contributed by atoms with Gasteiger partial charge in [-0.2, -0.15) is 0 Å². The van der Waals surface area contributed by atoms with Crippen molar-refractivity contribution in [2.45, 2.75) is 45.1 Å². The van der Waals surface area contributed by atoms with E-state index in [4.69, 9.17) is 17.3 Å². The van der Waals surface area contributed by atoms with Crippen LogP contribution in [0.25, 0.3) is 0 Å². The van der Waals surface area contributed by atoms with Crippen LogP contribution in [0.1, 0.15) is 44.1 Å². The maximum absolute atomic E-state index is 6.41. The van der Waals surface area contributed by atoms with Crippen molar-refractivity contribution >= 4 is 17.4 Å². The number of hydrogen-bond acceptors (Lipinski definition) is 3. The lowest BCUT2D eigenvalue weighted by Gasteiger charge is -2.40. The zero-order chi connectivity index (χ0) is 13.3. The first-order valence-corrected chi connectivity index (χ1v) is 7.70. The number of aromatic nitrogens is 1. The number of hydrogen-bond donors (Lipinski definition) is 1. The predicted octanol–water partition coefficient (Wildman–Crippen LogP) is 3.35. The van der Waals surface area contributed by atoms with E-state index in [0.717, 1.165) is 29.5 Å². The van der Waals surface area contributed by atoms with Gasteiger partial charge in [-0.25, -0.2) is 4.98 Å². The van der Waals surface area contributed by atoms with Gasteiger partial charge in [0.05, 0.1) is 5.02 Å². The van der Waals surface area contributed by atoms with Crippen LogP contribution >= 0.6 is 11.6 Å². The Hall–Kier alpha value is -0.800. The first-order chi connectivity index (χ1) is 9.24. The van der Waals surface area contributed by atoms with Crippen molar-refractivity contribution < 1.29 is 0 Å². The van der Waals surface area contributed by atoms with Crippen LogP contribution < -0.4 is 10.6 Å². The summed E-state index contributed by atoms with van der Waals surface area (Å²) in [7, 11) is 0. The normalized spacial score (nSPS) is 22.1. The molecular weight excluding hydrogens is 258 g/mol. The predicted molar refractivity (Wildman–Crippen MR) is 79.5 cm³/mol. The summed E-state index contributed by atoms with van der Waals surface area (Å²) in [6.45, 7) is 2.65. The molecule has 1 aliphatic heterocycles. The molecule has 0 atom stereocenters. The fourth-order valence-corrected chi connectivity index (χ4v) is 3.98. The average Bonchev–Trinajstić information content (AvgIpc) is 2.89. The lowest BCUT2D eigenvalue weighted by molar-refractivity contribution is 0.226. The molecule has 19 heavy (non-hydrogen) atoms. The SMILES string of the molecule is NCc1ccnc(N2CCC3(CCCC3)CC2)c1Cl. The molecule has 0 bridgehead atoms. The molecule has 2 N–H and O–H groups in total. The van der Waals surface area contributed by atoms with Gasteiger partial charge in [0.1, 0.15) is 5.82 Å². The van der Waals surface area contributed by atoms with Crippen LogP contribution in [-0.2, 0) is 6.54 Å². The molecule has 104 valence electrons. The summed E-state index contributed by atoms with van der Waals surface area (Å²) in [6.07, 6.45) is 10.1. The summed E-state index contributed by atoms with van der Waals surface area (Å²) in [4.78, 5) is 6.80. The van der Waals surface area contributed by atoms with E-state index in [2.05, 4.69) is 9.88 Å². The Balaban J connectivity index is 1.74. The van der Waals surface area contributed by atoms with Gasteiger partial charge in [0.25, 0.3) is 0 Å². The molecule has 2 fully saturated rings. The fraction of sp³-hybridized carbons (Fsp3) is 0.667. The van der Waals surface area contributed by atoms with Gasteiger partial charge in [-0.1, -0.05) is 24.4 Å². The Bertz CT molecular complexity index is 445. The first kappa shape index (κ1) is 13.2. The molecular formula is C15H22ClN3. The highest BCUT2D eigenvalue weighted by Crippen LogP contribution is 2.47. The number of piperidine rings is 1. The maximum atomic E-state index is 6.41. The second kappa shape index (κ2) is 5.29. The number of halogens is 1. The van der Waals surface area contributed by atoms with Crippen LogP contribution in [0.3, 0.4) is 0 Å². The van der Waals surface area contributed by atoms with E-state index in [1.54, 1.807) is 0 Å². The summed E-state index contributed by atoms with van der Waals surface area (Å²) in [5.41, 5.74) is 7.34. The Labute approximate surface area is 120 Å². The van der Waals surface area contributed by atoms with Crippen LogP contribution in [0.4, 0.5) is 5.82 Å². The molecule has 3 rings (SSSR count). The highest BCUT2D eigenvalue weighted by molar-refractivity contribution is 6.33. The van der Waals surface area contributed by atoms with Crippen LogP contribution in [0.5, 0.6) is 0 Å². The van der Waals surface area contributed by atoms with Gasteiger partial charge in [-0.3, -0.25) is 0 Å². The second-order valence-electron chi connectivity index (χ2n) is 6.01. The number of nitrogens with two attached hydrogens (primary N) is 1. The van der Waals surface area contributed by atoms with Gasteiger partial charge in [0.2, 0.25) is 0 Å². The maximum Gasteiger partial charge on any atom is 0.147 e. The van der Waals surface area contributed by atoms with Crippen LogP contribution in [0.15, 0.2) is 12.3 Å². The molecule has 2 heterocycles. The number of anilines is 1. The minimum atomic E-state index is 0.478. The summed E-state index contributed by atoms with van der Waals surface area (Å²) < 4.78 is 0. The highest BCUT2D eigenvalue weighted by Gasteiger charge is 2.37. The van der Waals surface area contributed by atoms with E-state index >= 15 is 0 Å². The van der Waals surface area contributed by atoms with E-state index in [0.29, 0.717) is 12.0 Å². The van der Waals surface area contributed by atoms with E-state index in [1.807, 2.05) is 12.3 Å². The largest absolute Gasteiger partial charge is 0.355 e. The topological polar surface area (TPSA) is 42.1 Å². The smallest absolute Gasteiger partial charge is 0.147 e. The monoisotopic (exact) mass is 279 g/mol. The van der Waals surface area contributed by atoms with Crippen molar-refractivity contribution in [3.63, 3.8) is 0 Å². The van der Waals surface area contributed by atoms with E-state index in [-0.39, 0.29) is 0 Å². The number of nitrogens with zero attached hydrogens (tertiary/aromatic N) is 2. The fourth-order valence-electron chi connectivity index (χ4n) is 3.67. The quantitative estimate of drug-likeness (QED) is 0.903. The summed E-state index contributed by atoms with van der Waals surface area (Å²) >= 11 is 6.41. The minimum absolute atomic E-state index is 0.478. The van der Waals surface area contributed by atoms with Gasteiger partial charge in [0.15, 0.2) is 0 Å². The van der Waals surface area contributed by atoms with Crippen molar-refractivity contribution in [3.05, 3.63) is 22.8 Å². The molecule has 4 heteroatoms. The third kappa shape index (κ3) is 2.46. The molecule has 1 spiro atoms. The molecule has 0 radical (unpaired) electrons. The molecule has 1 aromatic heterocycles. The van der Waals surface area contributed by atoms with E-state index in [9.17, 15) is 0 Å². The Morgan fingerprint density at radius 1 is 1.21 bits per heavy atom. The zero-order valence-corrected chi connectivity index (χ0v) is 12.1. The van der Waals surface area contributed by atoms with Crippen LogP contribution in [-0.4, -0.2) is 18.1 Å². The summed E-state index contributed by atoms with van der Waals surface area (Å²) in [5, 5.41) is 0.743. The minimum Gasteiger partial charge on any atom is -0.355 e. The van der Waals surface area contributed by atoms with E-state index in [1.165, 1.54) is 38.5 Å². The van der Waals surface area contributed by atoms with Crippen LogP contribution in [0.2, 0.25) is 5.02 Å². The standard InChI is InChI=1S/C15H22ClN3/c16-13-12(11-17)3-8-18-14(13)19-9-6-15(7-10-19)4-1-2-5-15/h3,8H,1-2,4-7,9-11,17H2. The van der Waals surface area contributed by atoms with Gasteiger partial charge in [-0.15, -0.1) is 0 Å². The molecule has 1 saturated carbocycles. The van der Waals surface area contributed by atoms with Gasteiger partial charge in [-0.05, 0) is 42.7 Å². The zero-order valence-electron chi connectivity index (χ0n) is 11.4. The molecule has 1 saturated heterocycles. The number of pyridine rings is 1. The highest BCUT2D eigenvalue weighted by atomic mass is 35.5. The van der Waals surface area contributed by atoms with Gasteiger partial charge in [0, 0.05) is 25.8 Å². The van der Waals surface area contributed by atoms with Gasteiger partial charge >= 0.3 is 0 Å². The summed E-state index contributed by atoms with van der Waals surface area (Å²) in [5.74, 6) is 0.928. The molecule has 0 amide bonds. The Morgan fingerprint density at radius 2 is 1.89 bits per heavy atom. The molecule has 0 aromatic carbocycles. The summed E-state index contributed by atoms with van der Waals surface area (Å²) in [6, 6.07) is 1.91. The van der Waals surface area contributed by atoms with Crippen LogP contribution in [0, 0.1) is 5.41 Å².